The van der Waals surface area contributed by atoms with E-state index in [0.29, 0.717) is 25.1 Å². The third-order valence-electron chi connectivity index (χ3n) is 4.42. The molecule has 0 aliphatic rings. The van der Waals surface area contributed by atoms with Crippen LogP contribution in [0.25, 0.3) is 5.82 Å². The van der Waals surface area contributed by atoms with Crippen LogP contribution in [0.2, 0.25) is 0 Å². The maximum atomic E-state index is 12.4. The predicted octanol–water partition coefficient (Wildman–Crippen LogP) is 2.87. The van der Waals surface area contributed by atoms with Gasteiger partial charge in [-0.25, -0.2) is 9.97 Å². The number of nitrogens with one attached hydrogen (secondary N) is 1. The van der Waals surface area contributed by atoms with E-state index in [0.717, 1.165) is 16.9 Å². The second-order valence-corrected chi connectivity index (χ2v) is 6.82. The summed E-state index contributed by atoms with van der Waals surface area (Å²) in [5.74, 6) is 1.32. The molecule has 1 N–H and O–H groups in total. The standard InChI is InChI=1S/C22H24N4O3/c1-16(27)3-4-18-5-7-20(8-6-18)29-17(2)22(28)25-14-19-9-10-24-21(13-19)26-12-11-23-15-26/h5-13,15,17H,3-4,14H2,1-2H3,(H,25,28). The van der Waals surface area contributed by atoms with Crippen molar-refractivity contribution in [2.45, 2.75) is 39.3 Å². The predicted molar refractivity (Wildman–Crippen MR) is 109 cm³/mol. The number of benzene rings is 1. The Bertz CT molecular complexity index is 952. The van der Waals surface area contributed by atoms with Crippen LogP contribution in [0.15, 0.2) is 61.3 Å². The van der Waals surface area contributed by atoms with Crippen molar-refractivity contribution in [3.8, 4) is 11.6 Å². The fourth-order valence-electron chi connectivity index (χ4n) is 2.75. The van der Waals surface area contributed by atoms with E-state index in [1.54, 1.807) is 37.1 Å². The number of amides is 1. The summed E-state index contributed by atoms with van der Waals surface area (Å²) in [7, 11) is 0. The maximum Gasteiger partial charge on any atom is 0.261 e. The minimum absolute atomic E-state index is 0.168. The van der Waals surface area contributed by atoms with E-state index in [4.69, 9.17) is 4.74 Å². The highest BCUT2D eigenvalue weighted by Crippen LogP contribution is 2.15. The molecule has 3 aromatic rings. The van der Waals surface area contributed by atoms with Crippen LogP contribution in [0.4, 0.5) is 0 Å². The summed E-state index contributed by atoms with van der Waals surface area (Å²) >= 11 is 0. The molecule has 1 unspecified atom stereocenters. The molecule has 0 radical (unpaired) electrons. The molecule has 0 saturated heterocycles. The van der Waals surface area contributed by atoms with E-state index in [1.165, 1.54) is 0 Å². The van der Waals surface area contributed by atoms with Crippen molar-refractivity contribution < 1.29 is 14.3 Å². The molecule has 1 aromatic carbocycles. The number of carbonyl (C=O) groups excluding carboxylic acids is 2. The zero-order valence-corrected chi connectivity index (χ0v) is 16.5. The van der Waals surface area contributed by atoms with Gasteiger partial charge in [0.25, 0.3) is 5.91 Å². The van der Waals surface area contributed by atoms with Gasteiger partial charge < -0.3 is 14.8 Å². The second-order valence-electron chi connectivity index (χ2n) is 6.82. The van der Waals surface area contributed by atoms with E-state index < -0.39 is 6.10 Å². The van der Waals surface area contributed by atoms with Crippen molar-refractivity contribution >= 4 is 11.7 Å². The number of ketones is 1. The number of hydrogen-bond acceptors (Lipinski definition) is 5. The lowest BCUT2D eigenvalue weighted by Gasteiger charge is -2.15. The van der Waals surface area contributed by atoms with E-state index in [1.807, 2.05) is 42.6 Å². The van der Waals surface area contributed by atoms with Gasteiger partial charge in [0.05, 0.1) is 0 Å². The van der Waals surface area contributed by atoms with Crippen LogP contribution in [0.5, 0.6) is 5.75 Å². The van der Waals surface area contributed by atoms with Gasteiger partial charge in [-0.1, -0.05) is 12.1 Å². The number of aromatic nitrogens is 3. The number of ether oxygens (including phenoxy) is 1. The Labute approximate surface area is 169 Å². The summed E-state index contributed by atoms with van der Waals surface area (Å²) in [5, 5.41) is 2.88. The summed E-state index contributed by atoms with van der Waals surface area (Å²) < 4.78 is 7.53. The van der Waals surface area contributed by atoms with Gasteiger partial charge in [0.2, 0.25) is 0 Å². The second kappa shape index (κ2) is 9.64. The van der Waals surface area contributed by atoms with Crippen molar-refractivity contribution in [2.75, 3.05) is 0 Å². The molecule has 7 nitrogen and oxygen atoms in total. The monoisotopic (exact) mass is 392 g/mol. The average Bonchev–Trinajstić information content (AvgIpc) is 3.26. The Morgan fingerprint density at radius 1 is 1.14 bits per heavy atom. The number of Topliss-reactive ketones (excluding diaryl/α,β-unsaturated/α-hetero) is 1. The number of nitrogens with zero attached hydrogens (tertiary/aromatic N) is 3. The van der Waals surface area contributed by atoms with Crippen LogP contribution in [-0.4, -0.2) is 32.3 Å². The molecule has 0 fully saturated rings. The van der Waals surface area contributed by atoms with Crippen LogP contribution < -0.4 is 10.1 Å². The molecule has 1 amide bonds. The number of hydrogen-bond donors (Lipinski definition) is 1. The van der Waals surface area contributed by atoms with Gasteiger partial charge in [0, 0.05) is 31.6 Å². The topological polar surface area (TPSA) is 86.1 Å². The Morgan fingerprint density at radius 2 is 1.93 bits per heavy atom. The smallest absolute Gasteiger partial charge is 0.261 e. The van der Waals surface area contributed by atoms with Gasteiger partial charge in [-0.05, 0) is 55.7 Å². The van der Waals surface area contributed by atoms with Gasteiger partial charge in [0.15, 0.2) is 6.10 Å². The number of rotatable bonds is 9. The molecule has 0 bridgehead atoms. The summed E-state index contributed by atoms with van der Waals surface area (Å²) in [6.07, 6.45) is 7.47. The lowest BCUT2D eigenvalue weighted by Crippen LogP contribution is -2.35. The number of pyridine rings is 1. The van der Waals surface area contributed by atoms with Crippen LogP contribution in [-0.2, 0) is 22.6 Å². The van der Waals surface area contributed by atoms with E-state index in [-0.39, 0.29) is 11.7 Å². The molecule has 2 heterocycles. The van der Waals surface area contributed by atoms with Gasteiger partial charge >= 0.3 is 0 Å². The molecule has 3 rings (SSSR count). The Hall–Kier alpha value is -3.48. The van der Waals surface area contributed by atoms with Crippen LogP contribution in [0, 0.1) is 0 Å². The van der Waals surface area contributed by atoms with Crippen molar-refractivity contribution in [2.24, 2.45) is 0 Å². The summed E-state index contributed by atoms with van der Waals surface area (Å²) in [4.78, 5) is 31.8. The summed E-state index contributed by atoms with van der Waals surface area (Å²) in [6, 6.07) is 11.2. The molecule has 0 aliphatic carbocycles. The number of imidazole rings is 1. The first-order valence-electron chi connectivity index (χ1n) is 9.47. The minimum atomic E-state index is -0.631. The SMILES string of the molecule is CC(=O)CCc1ccc(OC(C)C(=O)NCc2ccnc(-n3ccnc3)c2)cc1. The van der Waals surface area contributed by atoms with E-state index >= 15 is 0 Å². The van der Waals surface area contributed by atoms with Gasteiger partial charge in [0.1, 0.15) is 23.7 Å². The quantitative estimate of drug-likeness (QED) is 0.605. The lowest BCUT2D eigenvalue weighted by atomic mass is 10.1. The fraction of sp³-hybridized carbons (Fsp3) is 0.273. The molecule has 0 spiro atoms. The first-order valence-corrected chi connectivity index (χ1v) is 9.47. The Morgan fingerprint density at radius 3 is 2.62 bits per heavy atom. The highest BCUT2D eigenvalue weighted by Gasteiger charge is 2.14. The van der Waals surface area contributed by atoms with Crippen LogP contribution in [0.1, 0.15) is 31.4 Å². The van der Waals surface area contributed by atoms with Gasteiger partial charge in [-0.2, -0.15) is 0 Å². The van der Waals surface area contributed by atoms with E-state index in [2.05, 4.69) is 15.3 Å². The minimum Gasteiger partial charge on any atom is -0.481 e. The van der Waals surface area contributed by atoms with Crippen molar-refractivity contribution in [3.63, 3.8) is 0 Å². The third-order valence-corrected chi connectivity index (χ3v) is 4.42. The zero-order chi connectivity index (χ0) is 20.6. The summed E-state index contributed by atoms with van der Waals surface area (Å²) in [6.45, 7) is 3.67. The third kappa shape index (κ3) is 6.00. The average molecular weight is 392 g/mol. The van der Waals surface area contributed by atoms with Gasteiger partial charge in [-0.3, -0.25) is 9.36 Å². The molecule has 29 heavy (non-hydrogen) atoms. The molecule has 0 saturated carbocycles. The molecule has 7 heteroatoms. The lowest BCUT2D eigenvalue weighted by molar-refractivity contribution is -0.127. The van der Waals surface area contributed by atoms with Crippen LogP contribution >= 0.6 is 0 Å². The normalized spacial score (nSPS) is 11.7. The van der Waals surface area contributed by atoms with Crippen molar-refractivity contribution in [1.29, 1.82) is 0 Å². The molecule has 2 aromatic heterocycles. The molecule has 1 atom stereocenters. The van der Waals surface area contributed by atoms with Gasteiger partial charge in [-0.15, -0.1) is 0 Å². The van der Waals surface area contributed by atoms with Crippen LogP contribution in [0.3, 0.4) is 0 Å². The highest BCUT2D eigenvalue weighted by atomic mass is 16.5. The first kappa shape index (κ1) is 20.3. The van der Waals surface area contributed by atoms with E-state index in [9.17, 15) is 9.59 Å². The summed E-state index contributed by atoms with van der Waals surface area (Å²) in [5.41, 5.74) is 2.00. The zero-order valence-electron chi connectivity index (χ0n) is 16.5. The number of carbonyl (C=O) groups is 2. The molecule has 150 valence electrons. The highest BCUT2D eigenvalue weighted by molar-refractivity contribution is 5.80. The fourth-order valence-corrected chi connectivity index (χ4v) is 2.75. The van der Waals surface area contributed by atoms with Crippen molar-refractivity contribution in [3.05, 3.63) is 72.4 Å². The largest absolute Gasteiger partial charge is 0.481 e. The Balaban J connectivity index is 1.50. The maximum absolute atomic E-state index is 12.4. The molecular weight excluding hydrogens is 368 g/mol. The molecular formula is C22H24N4O3. The molecule has 0 aliphatic heterocycles. The first-order chi connectivity index (χ1) is 14.0. The number of aryl methyl sites for hydroxylation is 1. The van der Waals surface area contributed by atoms with Crippen molar-refractivity contribution in [1.82, 2.24) is 19.9 Å². The Kier molecular flexibility index (Phi) is 6.73.